The molecular weight excluding hydrogens is 260 g/mol. The maximum atomic E-state index is 12.0. The topological polar surface area (TPSA) is 78.9 Å². The minimum absolute atomic E-state index is 0.0712. The van der Waals surface area contributed by atoms with Gasteiger partial charge >= 0.3 is 12.0 Å². The molecule has 2 atom stereocenters. The number of likely N-dealkylation sites (tertiary alicyclic amines) is 1. The Morgan fingerprint density at radius 3 is 2.85 bits per heavy atom. The van der Waals surface area contributed by atoms with E-state index in [0.29, 0.717) is 13.1 Å². The molecule has 0 radical (unpaired) electrons. The second-order valence-corrected chi connectivity index (χ2v) is 5.71. The summed E-state index contributed by atoms with van der Waals surface area (Å²) in [6.45, 7) is 2.74. The monoisotopic (exact) mass is 284 g/mol. The summed E-state index contributed by atoms with van der Waals surface area (Å²) in [5, 5.41) is 11.7. The highest BCUT2D eigenvalue weighted by Gasteiger charge is 2.25. The van der Waals surface area contributed by atoms with Crippen LogP contribution in [-0.2, 0) is 9.53 Å². The van der Waals surface area contributed by atoms with Crippen LogP contribution in [0.3, 0.4) is 0 Å². The molecule has 0 saturated carbocycles. The number of urea groups is 1. The highest BCUT2D eigenvalue weighted by atomic mass is 16.5. The van der Waals surface area contributed by atoms with Crippen molar-refractivity contribution in [3.63, 3.8) is 0 Å². The van der Waals surface area contributed by atoms with Crippen LogP contribution in [0, 0.1) is 5.92 Å². The van der Waals surface area contributed by atoms with Crippen LogP contribution < -0.4 is 5.32 Å². The van der Waals surface area contributed by atoms with Gasteiger partial charge in [-0.15, -0.1) is 0 Å². The van der Waals surface area contributed by atoms with Crippen LogP contribution in [0.5, 0.6) is 0 Å². The van der Waals surface area contributed by atoms with Crippen LogP contribution in [-0.4, -0.2) is 54.4 Å². The summed E-state index contributed by atoms with van der Waals surface area (Å²) < 4.78 is 5.51. The Kier molecular flexibility index (Phi) is 5.64. The number of aliphatic carboxylic acids is 1. The zero-order chi connectivity index (χ0) is 14.4. The van der Waals surface area contributed by atoms with E-state index in [1.54, 1.807) is 4.90 Å². The van der Waals surface area contributed by atoms with Gasteiger partial charge in [-0.3, -0.25) is 4.79 Å². The second-order valence-electron chi connectivity index (χ2n) is 5.71. The average Bonchev–Trinajstić information content (AvgIpc) is 2.91. The molecule has 6 nitrogen and oxygen atoms in total. The van der Waals surface area contributed by atoms with Crippen LogP contribution in [0.15, 0.2) is 0 Å². The molecule has 2 aliphatic rings. The average molecular weight is 284 g/mol. The van der Waals surface area contributed by atoms with E-state index in [1.807, 2.05) is 0 Å². The minimum Gasteiger partial charge on any atom is -0.481 e. The molecule has 2 saturated heterocycles. The smallest absolute Gasteiger partial charge is 0.317 e. The molecule has 6 heteroatoms. The Morgan fingerprint density at radius 1 is 1.30 bits per heavy atom. The zero-order valence-corrected chi connectivity index (χ0v) is 11.8. The van der Waals surface area contributed by atoms with Crippen molar-refractivity contribution >= 4 is 12.0 Å². The summed E-state index contributed by atoms with van der Waals surface area (Å²) >= 11 is 0. The molecular formula is C14H24N2O4. The zero-order valence-electron chi connectivity index (χ0n) is 11.8. The van der Waals surface area contributed by atoms with Crippen molar-refractivity contribution in [2.45, 2.75) is 44.6 Å². The molecule has 2 unspecified atom stereocenters. The number of hydrogen-bond acceptors (Lipinski definition) is 3. The molecule has 0 aromatic heterocycles. The van der Waals surface area contributed by atoms with Crippen molar-refractivity contribution in [1.29, 1.82) is 0 Å². The quantitative estimate of drug-likeness (QED) is 0.801. The van der Waals surface area contributed by atoms with Crippen LogP contribution in [0.25, 0.3) is 0 Å². The predicted molar refractivity (Wildman–Crippen MR) is 73.5 cm³/mol. The van der Waals surface area contributed by atoms with Gasteiger partial charge in [0.25, 0.3) is 0 Å². The highest BCUT2D eigenvalue weighted by Crippen LogP contribution is 2.19. The number of rotatable bonds is 5. The normalized spacial score (nSPS) is 26.5. The van der Waals surface area contributed by atoms with E-state index < -0.39 is 5.97 Å². The van der Waals surface area contributed by atoms with Crippen LogP contribution in [0.1, 0.15) is 38.5 Å². The molecule has 2 rings (SSSR count). The van der Waals surface area contributed by atoms with Crippen molar-refractivity contribution in [2.24, 2.45) is 5.92 Å². The third-order valence-corrected chi connectivity index (χ3v) is 4.04. The Hall–Kier alpha value is -1.30. The van der Waals surface area contributed by atoms with E-state index in [2.05, 4.69) is 5.32 Å². The fraction of sp³-hybridized carbons (Fsp3) is 0.857. The third kappa shape index (κ3) is 4.67. The molecule has 2 fully saturated rings. The first kappa shape index (κ1) is 15.1. The summed E-state index contributed by atoms with van der Waals surface area (Å²) in [5.74, 6) is -0.694. The number of carbonyl (C=O) groups is 2. The standard InChI is InChI=1S/C14H24N2O4/c17-13(18)9-11-3-1-7-16(10-11)14(19)15-6-5-12-4-2-8-20-12/h11-12H,1-10H2,(H,15,19)(H,17,18). The Labute approximate surface area is 119 Å². The first-order valence-corrected chi connectivity index (χ1v) is 7.51. The molecule has 0 spiro atoms. The van der Waals surface area contributed by atoms with Gasteiger partial charge in [-0.05, 0) is 38.0 Å². The number of ether oxygens (including phenoxy) is 1. The largest absolute Gasteiger partial charge is 0.481 e. The number of carboxylic acid groups (broad SMARTS) is 1. The molecule has 2 amide bonds. The fourth-order valence-corrected chi connectivity index (χ4v) is 2.99. The summed E-state index contributed by atoms with van der Waals surface area (Å²) in [4.78, 5) is 24.5. The van der Waals surface area contributed by atoms with Gasteiger partial charge in [0.05, 0.1) is 6.10 Å². The maximum absolute atomic E-state index is 12.0. The van der Waals surface area contributed by atoms with E-state index in [-0.39, 0.29) is 24.5 Å². The van der Waals surface area contributed by atoms with E-state index in [4.69, 9.17) is 9.84 Å². The third-order valence-electron chi connectivity index (χ3n) is 4.04. The molecule has 0 aliphatic carbocycles. The number of nitrogens with zero attached hydrogens (tertiary/aromatic N) is 1. The number of carbonyl (C=O) groups excluding carboxylic acids is 1. The van der Waals surface area contributed by atoms with Crippen LogP contribution >= 0.6 is 0 Å². The lowest BCUT2D eigenvalue weighted by molar-refractivity contribution is -0.138. The molecule has 2 heterocycles. The summed E-state index contributed by atoms with van der Waals surface area (Å²) in [5.41, 5.74) is 0. The molecule has 0 aromatic rings. The Balaban J connectivity index is 1.67. The van der Waals surface area contributed by atoms with Crippen LogP contribution in [0.2, 0.25) is 0 Å². The highest BCUT2D eigenvalue weighted by molar-refractivity contribution is 5.74. The lowest BCUT2D eigenvalue weighted by atomic mass is 9.95. The lowest BCUT2D eigenvalue weighted by Gasteiger charge is -2.32. The maximum Gasteiger partial charge on any atom is 0.317 e. The number of carboxylic acids is 1. The predicted octanol–water partition coefficient (Wildman–Crippen LogP) is 1.45. The van der Waals surface area contributed by atoms with Gasteiger partial charge in [-0.25, -0.2) is 4.79 Å². The van der Waals surface area contributed by atoms with Crippen molar-refractivity contribution < 1.29 is 19.4 Å². The van der Waals surface area contributed by atoms with E-state index in [9.17, 15) is 9.59 Å². The lowest BCUT2D eigenvalue weighted by Crippen LogP contribution is -2.46. The van der Waals surface area contributed by atoms with Gasteiger partial charge in [0.15, 0.2) is 0 Å². The molecule has 2 N–H and O–H groups in total. The van der Waals surface area contributed by atoms with Crippen molar-refractivity contribution in [1.82, 2.24) is 10.2 Å². The number of nitrogens with one attached hydrogen (secondary N) is 1. The van der Waals surface area contributed by atoms with Gasteiger partial charge in [0.2, 0.25) is 0 Å². The molecule has 20 heavy (non-hydrogen) atoms. The van der Waals surface area contributed by atoms with Gasteiger partial charge in [-0.2, -0.15) is 0 Å². The van der Waals surface area contributed by atoms with Gasteiger partial charge in [0.1, 0.15) is 0 Å². The van der Waals surface area contributed by atoms with Crippen molar-refractivity contribution in [3.8, 4) is 0 Å². The second kappa shape index (κ2) is 7.47. The summed E-state index contributed by atoms with van der Waals surface area (Å²) in [6, 6.07) is -0.0712. The van der Waals surface area contributed by atoms with E-state index >= 15 is 0 Å². The molecule has 0 aromatic carbocycles. The number of piperidine rings is 1. The fourth-order valence-electron chi connectivity index (χ4n) is 2.99. The first-order valence-electron chi connectivity index (χ1n) is 7.51. The van der Waals surface area contributed by atoms with Gasteiger partial charge in [0, 0.05) is 32.7 Å². The summed E-state index contributed by atoms with van der Waals surface area (Å²) in [7, 11) is 0. The Bertz CT molecular complexity index is 342. The van der Waals surface area contributed by atoms with Gasteiger partial charge in [-0.1, -0.05) is 0 Å². The molecule has 2 aliphatic heterocycles. The van der Waals surface area contributed by atoms with Gasteiger partial charge < -0.3 is 20.1 Å². The molecule has 0 bridgehead atoms. The van der Waals surface area contributed by atoms with E-state index in [1.165, 1.54) is 0 Å². The first-order chi connectivity index (χ1) is 9.65. The number of amides is 2. The molecule has 114 valence electrons. The SMILES string of the molecule is O=C(O)CC1CCCN(C(=O)NCCC2CCCO2)C1. The summed E-state index contributed by atoms with van der Waals surface area (Å²) in [6.07, 6.45) is 5.28. The Morgan fingerprint density at radius 2 is 2.15 bits per heavy atom. The number of hydrogen-bond donors (Lipinski definition) is 2. The van der Waals surface area contributed by atoms with Crippen LogP contribution in [0.4, 0.5) is 4.79 Å². The van der Waals surface area contributed by atoms with E-state index in [0.717, 1.165) is 45.3 Å². The van der Waals surface area contributed by atoms with Crippen molar-refractivity contribution in [2.75, 3.05) is 26.2 Å². The minimum atomic E-state index is -0.782. The van der Waals surface area contributed by atoms with Crippen molar-refractivity contribution in [3.05, 3.63) is 0 Å².